The number of nitrogens with one attached hydrogen (secondary N) is 1. The molecule has 0 aliphatic heterocycles. The number of hydrogen-bond donors (Lipinski definition) is 1. The van der Waals surface area contributed by atoms with Gasteiger partial charge < -0.3 is 9.84 Å². The SMILES string of the molecule is O=C(CC1CCCCC1)NCc1cc(-c2ccccc2)no1. The van der Waals surface area contributed by atoms with E-state index in [1.165, 1.54) is 32.1 Å². The van der Waals surface area contributed by atoms with Crippen molar-refractivity contribution in [1.82, 2.24) is 10.5 Å². The highest BCUT2D eigenvalue weighted by Gasteiger charge is 2.17. The highest BCUT2D eigenvalue weighted by Crippen LogP contribution is 2.26. The first kappa shape index (κ1) is 14.8. The molecule has 1 amide bonds. The number of rotatable bonds is 5. The molecule has 0 saturated heterocycles. The lowest BCUT2D eigenvalue weighted by Crippen LogP contribution is -2.25. The molecule has 4 heteroatoms. The average molecular weight is 298 g/mol. The maximum Gasteiger partial charge on any atom is 0.220 e. The summed E-state index contributed by atoms with van der Waals surface area (Å²) in [6.45, 7) is 0.408. The number of benzene rings is 1. The average Bonchev–Trinajstić information content (AvgIpc) is 3.04. The standard InChI is InChI=1S/C18H22N2O2/c21-18(11-14-7-3-1-4-8-14)19-13-16-12-17(20-22-16)15-9-5-2-6-10-15/h2,5-6,9-10,12,14H,1,3-4,7-8,11,13H2,(H,19,21). The number of carbonyl (C=O) groups is 1. The van der Waals surface area contributed by atoms with E-state index in [4.69, 9.17) is 4.52 Å². The molecule has 4 nitrogen and oxygen atoms in total. The van der Waals surface area contributed by atoms with Gasteiger partial charge in [-0.05, 0) is 18.8 Å². The lowest BCUT2D eigenvalue weighted by molar-refractivity contribution is -0.122. The maximum absolute atomic E-state index is 12.0. The minimum absolute atomic E-state index is 0.115. The van der Waals surface area contributed by atoms with E-state index >= 15 is 0 Å². The Hall–Kier alpha value is -2.10. The van der Waals surface area contributed by atoms with Crippen LogP contribution in [0.5, 0.6) is 0 Å². The molecule has 1 aromatic heterocycles. The molecule has 1 N–H and O–H groups in total. The van der Waals surface area contributed by atoms with E-state index in [2.05, 4.69) is 10.5 Å². The number of nitrogens with zero attached hydrogens (tertiary/aromatic N) is 1. The first-order valence-corrected chi connectivity index (χ1v) is 8.09. The normalized spacial score (nSPS) is 15.6. The summed E-state index contributed by atoms with van der Waals surface area (Å²) in [6, 6.07) is 11.8. The van der Waals surface area contributed by atoms with Crippen molar-refractivity contribution in [3.63, 3.8) is 0 Å². The van der Waals surface area contributed by atoms with Crippen LogP contribution in [-0.2, 0) is 11.3 Å². The number of amides is 1. The van der Waals surface area contributed by atoms with Crippen molar-refractivity contribution >= 4 is 5.91 Å². The summed E-state index contributed by atoms with van der Waals surface area (Å²) < 4.78 is 5.29. The van der Waals surface area contributed by atoms with Gasteiger partial charge in [0.15, 0.2) is 5.76 Å². The van der Waals surface area contributed by atoms with Crippen molar-refractivity contribution in [2.45, 2.75) is 45.1 Å². The second-order valence-electron chi connectivity index (χ2n) is 6.03. The highest BCUT2D eigenvalue weighted by molar-refractivity contribution is 5.76. The van der Waals surface area contributed by atoms with Crippen molar-refractivity contribution in [2.75, 3.05) is 0 Å². The van der Waals surface area contributed by atoms with Crippen LogP contribution in [0.2, 0.25) is 0 Å². The zero-order valence-corrected chi connectivity index (χ0v) is 12.8. The third kappa shape index (κ3) is 3.97. The molecule has 1 saturated carbocycles. The van der Waals surface area contributed by atoms with Gasteiger partial charge in [0.1, 0.15) is 5.69 Å². The molecule has 116 valence electrons. The largest absolute Gasteiger partial charge is 0.359 e. The smallest absolute Gasteiger partial charge is 0.220 e. The molecule has 3 rings (SSSR count). The van der Waals surface area contributed by atoms with Crippen LogP contribution in [0.25, 0.3) is 11.3 Å². The van der Waals surface area contributed by atoms with Gasteiger partial charge in [0, 0.05) is 18.1 Å². The lowest BCUT2D eigenvalue weighted by atomic mass is 9.87. The van der Waals surface area contributed by atoms with E-state index in [-0.39, 0.29) is 5.91 Å². The summed E-state index contributed by atoms with van der Waals surface area (Å²) in [5.41, 5.74) is 1.82. The van der Waals surface area contributed by atoms with Crippen molar-refractivity contribution in [2.24, 2.45) is 5.92 Å². The second-order valence-corrected chi connectivity index (χ2v) is 6.03. The molecule has 1 fully saturated rings. The summed E-state index contributed by atoms with van der Waals surface area (Å²) in [7, 11) is 0. The van der Waals surface area contributed by atoms with E-state index in [0.29, 0.717) is 24.6 Å². The maximum atomic E-state index is 12.0. The quantitative estimate of drug-likeness (QED) is 0.910. The molecule has 0 spiro atoms. The Balaban J connectivity index is 1.49. The Bertz CT molecular complexity index is 601. The summed E-state index contributed by atoms with van der Waals surface area (Å²) in [6.07, 6.45) is 6.86. The Morgan fingerprint density at radius 1 is 1.18 bits per heavy atom. The van der Waals surface area contributed by atoms with Gasteiger partial charge >= 0.3 is 0 Å². The summed E-state index contributed by atoms with van der Waals surface area (Å²) >= 11 is 0. The summed E-state index contributed by atoms with van der Waals surface area (Å²) in [5, 5.41) is 6.99. The van der Waals surface area contributed by atoms with Gasteiger partial charge in [0.05, 0.1) is 6.54 Å². The Morgan fingerprint density at radius 2 is 1.95 bits per heavy atom. The predicted molar refractivity (Wildman–Crippen MR) is 85.0 cm³/mol. The second kappa shape index (κ2) is 7.25. The molecule has 22 heavy (non-hydrogen) atoms. The molecule has 0 bridgehead atoms. The Kier molecular flexibility index (Phi) is 4.88. The fourth-order valence-corrected chi connectivity index (χ4v) is 3.05. The molecule has 0 unspecified atom stereocenters. The zero-order chi connectivity index (χ0) is 15.2. The number of aromatic nitrogens is 1. The summed E-state index contributed by atoms with van der Waals surface area (Å²) in [5.74, 6) is 1.36. The highest BCUT2D eigenvalue weighted by atomic mass is 16.5. The van der Waals surface area contributed by atoms with Crippen molar-refractivity contribution < 1.29 is 9.32 Å². The van der Waals surface area contributed by atoms with Crippen molar-refractivity contribution in [3.8, 4) is 11.3 Å². The van der Waals surface area contributed by atoms with E-state index in [1.807, 2.05) is 36.4 Å². The zero-order valence-electron chi connectivity index (χ0n) is 12.8. The van der Waals surface area contributed by atoms with Crippen molar-refractivity contribution in [1.29, 1.82) is 0 Å². The van der Waals surface area contributed by atoms with E-state index in [9.17, 15) is 4.79 Å². The van der Waals surface area contributed by atoms with Crippen LogP contribution in [-0.4, -0.2) is 11.1 Å². The van der Waals surface area contributed by atoms with E-state index in [1.54, 1.807) is 0 Å². The predicted octanol–water partition coefficient (Wildman–Crippen LogP) is 3.93. The molecule has 1 aromatic carbocycles. The number of carbonyl (C=O) groups excluding carboxylic acids is 1. The molecular weight excluding hydrogens is 276 g/mol. The Morgan fingerprint density at radius 3 is 2.73 bits per heavy atom. The molecule has 1 aliphatic rings. The van der Waals surface area contributed by atoms with Crippen LogP contribution < -0.4 is 5.32 Å². The third-order valence-electron chi connectivity index (χ3n) is 4.29. The van der Waals surface area contributed by atoms with Gasteiger partial charge in [-0.2, -0.15) is 0 Å². The molecule has 1 heterocycles. The minimum Gasteiger partial charge on any atom is -0.359 e. The topological polar surface area (TPSA) is 55.1 Å². The number of hydrogen-bond acceptors (Lipinski definition) is 3. The van der Waals surface area contributed by atoms with E-state index in [0.717, 1.165) is 11.3 Å². The van der Waals surface area contributed by atoms with Crippen LogP contribution in [0.3, 0.4) is 0 Å². The van der Waals surface area contributed by atoms with Gasteiger partial charge in [-0.25, -0.2) is 0 Å². The van der Waals surface area contributed by atoms with Gasteiger partial charge in [-0.3, -0.25) is 4.79 Å². The Labute approximate surface area is 130 Å². The van der Waals surface area contributed by atoms with Crippen LogP contribution in [0.4, 0.5) is 0 Å². The van der Waals surface area contributed by atoms with E-state index < -0.39 is 0 Å². The van der Waals surface area contributed by atoms with Crippen LogP contribution >= 0.6 is 0 Å². The van der Waals surface area contributed by atoms with Crippen LogP contribution in [0.15, 0.2) is 40.9 Å². The van der Waals surface area contributed by atoms with Crippen LogP contribution in [0.1, 0.15) is 44.3 Å². The van der Waals surface area contributed by atoms with Gasteiger partial charge in [0.2, 0.25) is 5.91 Å². The van der Waals surface area contributed by atoms with Crippen LogP contribution in [0, 0.1) is 5.92 Å². The first-order valence-electron chi connectivity index (χ1n) is 8.09. The first-order chi connectivity index (χ1) is 10.8. The van der Waals surface area contributed by atoms with Crippen molar-refractivity contribution in [3.05, 3.63) is 42.2 Å². The molecule has 1 aliphatic carbocycles. The minimum atomic E-state index is 0.115. The third-order valence-corrected chi connectivity index (χ3v) is 4.29. The fourth-order valence-electron chi connectivity index (χ4n) is 3.05. The molecule has 2 aromatic rings. The summed E-state index contributed by atoms with van der Waals surface area (Å²) in [4.78, 5) is 12.0. The molecule has 0 radical (unpaired) electrons. The molecular formula is C18H22N2O2. The van der Waals surface area contributed by atoms with Gasteiger partial charge in [0.25, 0.3) is 0 Å². The van der Waals surface area contributed by atoms with Gasteiger partial charge in [-0.15, -0.1) is 0 Å². The monoisotopic (exact) mass is 298 g/mol. The van der Waals surface area contributed by atoms with Gasteiger partial charge in [-0.1, -0.05) is 54.8 Å². The molecule has 0 atom stereocenters. The fraction of sp³-hybridized carbons (Fsp3) is 0.444. The lowest BCUT2D eigenvalue weighted by Gasteiger charge is -2.20.